The zero-order chi connectivity index (χ0) is 16.0. The molecule has 0 saturated heterocycles. The average Bonchev–Trinajstić information content (AvgIpc) is 2.68. The van der Waals surface area contributed by atoms with Gasteiger partial charge in [-0.2, -0.15) is 0 Å². The molecule has 0 aliphatic carbocycles. The third kappa shape index (κ3) is 4.71. The first kappa shape index (κ1) is 16.9. The van der Waals surface area contributed by atoms with Gasteiger partial charge in [-0.05, 0) is 19.4 Å². The Morgan fingerprint density at radius 1 is 1.33 bits per heavy atom. The monoisotopic (exact) mass is 310 g/mol. The zero-order valence-electron chi connectivity index (χ0n) is 12.2. The summed E-state index contributed by atoms with van der Waals surface area (Å²) in [5.41, 5.74) is 1.03. The molecule has 0 saturated carbocycles. The smallest absolute Gasteiger partial charge is 0.341 e. The summed E-state index contributed by atoms with van der Waals surface area (Å²) < 4.78 is 4.97. The number of ether oxygens (including phenoxy) is 1. The molecule has 0 atom stereocenters. The number of thiophene rings is 1. The molecule has 0 aliphatic heterocycles. The Morgan fingerprint density at radius 2 is 2.00 bits per heavy atom. The number of amides is 2. The quantitative estimate of drug-likeness (QED) is 0.619. The molecule has 0 radical (unpaired) electrons. The Balaban J connectivity index is 2.79. The van der Waals surface area contributed by atoms with Crippen molar-refractivity contribution in [2.24, 2.45) is 0 Å². The molecule has 1 aromatic rings. The van der Waals surface area contributed by atoms with Gasteiger partial charge < -0.3 is 15.4 Å². The molecule has 0 unspecified atom stereocenters. The van der Waals surface area contributed by atoms with Gasteiger partial charge in [-0.15, -0.1) is 17.9 Å². The van der Waals surface area contributed by atoms with Crippen LogP contribution in [0, 0.1) is 13.8 Å². The van der Waals surface area contributed by atoms with Crippen LogP contribution in [-0.4, -0.2) is 30.9 Å². The Labute approximate surface area is 127 Å². The summed E-state index contributed by atoms with van der Waals surface area (Å²) in [5, 5.41) is 5.55. The highest BCUT2D eigenvalue weighted by Crippen LogP contribution is 2.32. The molecule has 21 heavy (non-hydrogen) atoms. The molecule has 114 valence electrons. The van der Waals surface area contributed by atoms with E-state index in [-0.39, 0.29) is 12.5 Å². The maximum Gasteiger partial charge on any atom is 0.341 e. The van der Waals surface area contributed by atoms with E-state index < -0.39 is 11.9 Å². The van der Waals surface area contributed by atoms with Gasteiger partial charge >= 0.3 is 5.97 Å². The van der Waals surface area contributed by atoms with Gasteiger partial charge in [0.2, 0.25) is 5.91 Å². The third-order valence-corrected chi connectivity index (χ3v) is 3.78. The van der Waals surface area contributed by atoms with Crippen LogP contribution in [0.2, 0.25) is 0 Å². The average molecular weight is 310 g/mol. The van der Waals surface area contributed by atoms with Gasteiger partial charge in [0.1, 0.15) is 5.00 Å². The zero-order valence-corrected chi connectivity index (χ0v) is 13.1. The minimum absolute atomic E-state index is 0.269. The summed E-state index contributed by atoms with van der Waals surface area (Å²) in [7, 11) is 0. The van der Waals surface area contributed by atoms with Gasteiger partial charge in [0.15, 0.2) is 6.61 Å². The van der Waals surface area contributed by atoms with Crippen LogP contribution in [0.4, 0.5) is 5.00 Å². The van der Waals surface area contributed by atoms with E-state index in [2.05, 4.69) is 17.2 Å². The molecular formula is C14H18N2O4S. The maximum atomic E-state index is 12.1. The van der Waals surface area contributed by atoms with E-state index in [0.717, 1.165) is 10.4 Å². The molecule has 1 aromatic heterocycles. The first-order chi connectivity index (χ1) is 9.86. The standard InChI is InChI=1S/C14H18N2O4S/c1-5-6-15-11(18)7-20-14(19)12-8(2)9(3)21-13(12)16-10(4)17/h5H,1,6-7H2,2-4H3,(H,15,18)(H,16,17). The first-order valence-electron chi connectivity index (χ1n) is 6.29. The largest absolute Gasteiger partial charge is 0.452 e. The maximum absolute atomic E-state index is 12.1. The normalized spacial score (nSPS) is 9.86. The van der Waals surface area contributed by atoms with Crippen LogP contribution >= 0.6 is 11.3 Å². The highest BCUT2D eigenvalue weighted by Gasteiger charge is 2.22. The summed E-state index contributed by atoms with van der Waals surface area (Å²) in [5.74, 6) is -1.31. The summed E-state index contributed by atoms with van der Waals surface area (Å²) in [6.07, 6.45) is 1.53. The molecule has 0 aliphatic rings. The molecule has 2 amide bonds. The van der Waals surface area contributed by atoms with Crippen molar-refractivity contribution in [3.05, 3.63) is 28.7 Å². The first-order valence-corrected chi connectivity index (χ1v) is 7.10. The number of aryl methyl sites for hydroxylation is 1. The number of rotatable bonds is 6. The highest BCUT2D eigenvalue weighted by molar-refractivity contribution is 7.16. The Morgan fingerprint density at radius 3 is 2.57 bits per heavy atom. The van der Waals surface area contributed by atoms with Gasteiger partial charge in [0.05, 0.1) is 5.56 Å². The molecule has 1 heterocycles. The van der Waals surface area contributed by atoms with Crippen molar-refractivity contribution in [2.45, 2.75) is 20.8 Å². The minimum atomic E-state index is -0.630. The lowest BCUT2D eigenvalue weighted by atomic mass is 10.1. The molecule has 2 N–H and O–H groups in total. The van der Waals surface area contributed by atoms with Crippen LogP contribution in [0.1, 0.15) is 27.7 Å². The number of nitrogens with one attached hydrogen (secondary N) is 2. The van der Waals surface area contributed by atoms with E-state index in [0.29, 0.717) is 17.1 Å². The second-order valence-electron chi connectivity index (χ2n) is 4.34. The fourth-order valence-corrected chi connectivity index (χ4v) is 2.66. The van der Waals surface area contributed by atoms with Crippen molar-refractivity contribution >= 4 is 34.1 Å². The van der Waals surface area contributed by atoms with Gasteiger partial charge in [-0.1, -0.05) is 6.08 Å². The molecule has 6 nitrogen and oxygen atoms in total. The van der Waals surface area contributed by atoms with E-state index in [1.54, 1.807) is 6.92 Å². The number of hydrogen-bond acceptors (Lipinski definition) is 5. The van der Waals surface area contributed by atoms with Crippen LogP contribution < -0.4 is 10.6 Å². The van der Waals surface area contributed by atoms with Crippen LogP contribution in [0.3, 0.4) is 0 Å². The predicted octanol–water partition coefficient (Wildman–Crippen LogP) is 1.78. The Kier molecular flexibility index (Phi) is 6.10. The summed E-state index contributed by atoms with van der Waals surface area (Å²) >= 11 is 1.30. The minimum Gasteiger partial charge on any atom is -0.452 e. The molecule has 0 spiro atoms. The van der Waals surface area contributed by atoms with E-state index in [4.69, 9.17) is 4.74 Å². The number of anilines is 1. The van der Waals surface area contributed by atoms with E-state index in [1.165, 1.54) is 24.3 Å². The lowest BCUT2D eigenvalue weighted by Gasteiger charge is -2.07. The lowest BCUT2D eigenvalue weighted by Crippen LogP contribution is -2.29. The van der Waals surface area contributed by atoms with Crippen LogP contribution in [0.15, 0.2) is 12.7 Å². The molecule has 7 heteroatoms. The molecule has 1 rings (SSSR count). The van der Waals surface area contributed by atoms with Gasteiger partial charge in [-0.25, -0.2) is 4.79 Å². The van der Waals surface area contributed by atoms with Crippen LogP contribution in [-0.2, 0) is 14.3 Å². The number of esters is 1. The summed E-state index contributed by atoms with van der Waals surface area (Å²) in [6.45, 7) is 8.38. The van der Waals surface area contributed by atoms with Crippen molar-refractivity contribution in [3.63, 3.8) is 0 Å². The Hall–Kier alpha value is -2.15. The predicted molar refractivity (Wildman–Crippen MR) is 81.6 cm³/mol. The van der Waals surface area contributed by atoms with Crippen molar-refractivity contribution in [1.82, 2.24) is 5.32 Å². The second kappa shape index (κ2) is 7.58. The topological polar surface area (TPSA) is 84.5 Å². The van der Waals surface area contributed by atoms with Gasteiger partial charge in [0, 0.05) is 18.3 Å². The lowest BCUT2D eigenvalue weighted by molar-refractivity contribution is -0.124. The fraction of sp³-hybridized carbons (Fsp3) is 0.357. The Bertz CT molecular complexity index is 578. The number of carbonyl (C=O) groups excluding carboxylic acids is 3. The fourth-order valence-electron chi connectivity index (χ4n) is 1.56. The highest BCUT2D eigenvalue weighted by atomic mass is 32.1. The summed E-state index contributed by atoms with van der Waals surface area (Å²) in [6, 6.07) is 0. The molecule has 0 fully saturated rings. The number of hydrogen-bond donors (Lipinski definition) is 2. The van der Waals surface area contributed by atoms with Crippen molar-refractivity contribution < 1.29 is 19.1 Å². The van der Waals surface area contributed by atoms with Crippen molar-refractivity contribution in [3.8, 4) is 0 Å². The molecular weight excluding hydrogens is 292 g/mol. The van der Waals surface area contributed by atoms with Crippen LogP contribution in [0.5, 0.6) is 0 Å². The second-order valence-corrected chi connectivity index (χ2v) is 5.56. The summed E-state index contributed by atoms with van der Waals surface area (Å²) in [4.78, 5) is 35.5. The van der Waals surface area contributed by atoms with Gasteiger partial charge in [-0.3, -0.25) is 9.59 Å². The van der Waals surface area contributed by atoms with E-state index >= 15 is 0 Å². The SMILES string of the molecule is C=CCNC(=O)COC(=O)c1c(NC(C)=O)sc(C)c1C. The van der Waals surface area contributed by atoms with Crippen LogP contribution in [0.25, 0.3) is 0 Å². The van der Waals surface area contributed by atoms with Crippen molar-refractivity contribution in [1.29, 1.82) is 0 Å². The van der Waals surface area contributed by atoms with Gasteiger partial charge in [0.25, 0.3) is 5.91 Å². The number of carbonyl (C=O) groups is 3. The van der Waals surface area contributed by atoms with Crippen molar-refractivity contribution in [2.75, 3.05) is 18.5 Å². The molecule has 0 aromatic carbocycles. The van der Waals surface area contributed by atoms with E-state index in [1.807, 2.05) is 6.92 Å². The molecule has 0 bridgehead atoms. The van der Waals surface area contributed by atoms with E-state index in [9.17, 15) is 14.4 Å². The third-order valence-electron chi connectivity index (χ3n) is 2.66.